The van der Waals surface area contributed by atoms with Gasteiger partial charge in [-0.25, -0.2) is 9.59 Å². The maximum absolute atomic E-state index is 13.8. The van der Waals surface area contributed by atoms with Crippen molar-refractivity contribution in [2.75, 3.05) is 35.5 Å². The molecule has 35 heavy (non-hydrogen) atoms. The molecule has 12 heteroatoms. The number of alkyl halides is 2. The first-order valence-electron chi connectivity index (χ1n) is 9.82. The molecule has 2 aromatic carbocycles. The summed E-state index contributed by atoms with van der Waals surface area (Å²) in [5.74, 6) is -7.83. The molecule has 2 aromatic rings. The van der Waals surface area contributed by atoms with E-state index in [1.54, 1.807) is 18.2 Å². The molecule has 0 aliphatic carbocycles. The van der Waals surface area contributed by atoms with Gasteiger partial charge in [0.2, 0.25) is 0 Å². The molecule has 1 atom stereocenters. The molecule has 0 bridgehead atoms. The molecular weight excluding hydrogens is 490 g/mol. The largest absolute Gasteiger partial charge is 0.612 e. The number of esters is 2. The van der Waals surface area contributed by atoms with Crippen LogP contribution in [0.5, 0.6) is 28.7 Å². The van der Waals surface area contributed by atoms with Crippen molar-refractivity contribution in [3.05, 3.63) is 46.9 Å². The minimum Gasteiger partial charge on any atom is -0.612 e. The molecule has 0 fully saturated rings. The van der Waals surface area contributed by atoms with Gasteiger partial charge in [0.1, 0.15) is 28.4 Å². The minimum absolute atomic E-state index is 0.0446. The lowest BCUT2D eigenvalue weighted by Gasteiger charge is -2.15. The second kappa shape index (κ2) is 12.3. The molecule has 9 nitrogen and oxygen atoms in total. The third-order valence-corrected chi connectivity index (χ3v) is 5.63. The Hall–Kier alpha value is -3.51. The van der Waals surface area contributed by atoms with Crippen molar-refractivity contribution in [1.29, 1.82) is 0 Å². The maximum Gasteiger partial charge on any atom is 0.437 e. The van der Waals surface area contributed by atoms with Crippen LogP contribution in [0.2, 0.25) is 0 Å². The van der Waals surface area contributed by atoms with Crippen molar-refractivity contribution >= 4 is 29.2 Å². The average molecular weight is 514 g/mol. The topological polar surface area (TPSA) is 113 Å². The van der Waals surface area contributed by atoms with E-state index in [2.05, 4.69) is 9.47 Å². The molecular formula is C23H24F2O9S. The van der Waals surface area contributed by atoms with Gasteiger partial charge in [0.05, 0.1) is 41.1 Å². The lowest BCUT2D eigenvalue weighted by atomic mass is 10.1. The van der Waals surface area contributed by atoms with Crippen LogP contribution in [0.15, 0.2) is 35.7 Å². The van der Waals surface area contributed by atoms with Gasteiger partial charge in [-0.05, 0) is 23.3 Å². The highest BCUT2D eigenvalue weighted by atomic mass is 32.2. The summed E-state index contributed by atoms with van der Waals surface area (Å²) >= 11 is -1.58. The van der Waals surface area contributed by atoms with E-state index in [0.717, 1.165) is 0 Å². The molecule has 0 radical (unpaired) electrons. The van der Waals surface area contributed by atoms with E-state index in [-0.39, 0.29) is 17.3 Å². The second-order valence-electron chi connectivity index (χ2n) is 6.71. The van der Waals surface area contributed by atoms with Gasteiger partial charge >= 0.3 is 17.9 Å². The number of hydrogen-bond donors (Lipinski definition) is 0. The highest BCUT2D eigenvalue weighted by molar-refractivity contribution is 7.93. The summed E-state index contributed by atoms with van der Waals surface area (Å²) in [5.41, 5.74) is 0.908. The summed E-state index contributed by atoms with van der Waals surface area (Å²) in [5, 5.41) is 1.40. The fourth-order valence-corrected chi connectivity index (χ4v) is 3.71. The summed E-state index contributed by atoms with van der Waals surface area (Å²) in [6, 6.07) is 7.36. The van der Waals surface area contributed by atoms with Gasteiger partial charge in [-0.1, -0.05) is 6.07 Å². The molecule has 0 N–H and O–H groups in total. The van der Waals surface area contributed by atoms with Gasteiger partial charge in [0.25, 0.3) is 0 Å². The van der Waals surface area contributed by atoms with Gasteiger partial charge in [-0.15, -0.1) is 0 Å². The molecule has 0 aromatic heterocycles. The van der Waals surface area contributed by atoms with E-state index in [9.17, 15) is 22.9 Å². The highest BCUT2D eigenvalue weighted by Crippen LogP contribution is 2.35. The monoisotopic (exact) mass is 514 g/mol. The van der Waals surface area contributed by atoms with E-state index in [1.807, 2.05) is 0 Å². The smallest absolute Gasteiger partial charge is 0.437 e. The molecule has 1 unspecified atom stereocenters. The van der Waals surface area contributed by atoms with E-state index in [1.165, 1.54) is 52.0 Å². The summed E-state index contributed by atoms with van der Waals surface area (Å²) in [6.07, 6.45) is 1.55. The first-order valence-corrected chi connectivity index (χ1v) is 11.2. The normalized spacial score (nSPS) is 12.1. The minimum atomic E-state index is -4.52. The zero-order valence-electron chi connectivity index (χ0n) is 19.6. The van der Waals surface area contributed by atoms with E-state index in [0.29, 0.717) is 35.5 Å². The Morgan fingerprint density at radius 2 is 1.49 bits per heavy atom. The molecule has 0 amide bonds. The van der Waals surface area contributed by atoms with Crippen LogP contribution in [0.3, 0.4) is 0 Å². The SMILES string of the molecule is COC(=O)C(F)(F)C(=O)Oc1cc(C[S+]([O-])C=Cc2c(OC)cc(OC)cc2OC)ccc1OC. The quantitative estimate of drug-likeness (QED) is 0.193. The van der Waals surface area contributed by atoms with E-state index >= 15 is 0 Å². The number of carbonyl (C=O) groups is 2. The van der Waals surface area contributed by atoms with Gasteiger partial charge < -0.3 is 33.0 Å². The molecule has 0 spiro atoms. The Morgan fingerprint density at radius 1 is 0.886 bits per heavy atom. The molecule has 0 saturated heterocycles. The van der Waals surface area contributed by atoms with Crippen LogP contribution < -0.4 is 23.7 Å². The molecule has 190 valence electrons. The van der Waals surface area contributed by atoms with Crippen LogP contribution in [-0.4, -0.2) is 58.0 Å². The number of methoxy groups -OCH3 is 5. The van der Waals surface area contributed by atoms with Gasteiger partial charge in [0, 0.05) is 23.8 Å². The van der Waals surface area contributed by atoms with Crippen molar-refractivity contribution in [1.82, 2.24) is 0 Å². The third kappa shape index (κ3) is 6.76. The first-order chi connectivity index (χ1) is 16.6. The first kappa shape index (κ1) is 27.7. The highest BCUT2D eigenvalue weighted by Gasteiger charge is 2.51. The summed E-state index contributed by atoms with van der Waals surface area (Å²) in [4.78, 5) is 23.0. The van der Waals surface area contributed by atoms with Gasteiger partial charge in [0.15, 0.2) is 11.5 Å². The van der Waals surface area contributed by atoms with Crippen LogP contribution in [0.1, 0.15) is 11.1 Å². The van der Waals surface area contributed by atoms with Crippen molar-refractivity contribution in [3.63, 3.8) is 0 Å². The molecule has 0 heterocycles. The number of carbonyl (C=O) groups excluding carboxylic acids is 2. The van der Waals surface area contributed by atoms with E-state index in [4.69, 9.17) is 18.9 Å². The lowest BCUT2D eigenvalue weighted by Crippen LogP contribution is -2.41. The van der Waals surface area contributed by atoms with Crippen LogP contribution >= 0.6 is 0 Å². The molecule has 0 aliphatic rings. The average Bonchev–Trinajstić information content (AvgIpc) is 2.86. The second-order valence-corrected chi connectivity index (χ2v) is 8.04. The molecule has 0 aliphatic heterocycles. The fraction of sp³-hybridized carbons (Fsp3) is 0.304. The van der Waals surface area contributed by atoms with Crippen molar-refractivity contribution in [3.8, 4) is 28.7 Å². The Bertz CT molecular complexity index is 1060. The van der Waals surface area contributed by atoms with Crippen LogP contribution in [0.25, 0.3) is 6.08 Å². The third-order valence-electron chi connectivity index (χ3n) is 4.58. The van der Waals surface area contributed by atoms with E-state index < -0.39 is 29.0 Å². The van der Waals surface area contributed by atoms with Crippen LogP contribution in [0.4, 0.5) is 8.78 Å². The fourth-order valence-electron chi connectivity index (χ4n) is 2.82. The summed E-state index contributed by atoms with van der Waals surface area (Å²) < 4.78 is 69.8. The molecule has 2 rings (SSSR count). The Morgan fingerprint density at radius 3 is 2.00 bits per heavy atom. The van der Waals surface area contributed by atoms with Gasteiger partial charge in [-0.2, -0.15) is 8.78 Å². The van der Waals surface area contributed by atoms with Crippen LogP contribution in [0, 0.1) is 0 Å². The van der Waals surface area contributed by atoms with Crippen molar-refractivity contribution in [2.45, 2.75) is 11.7 Å². The summed E-state index contributed by atoms with van der Waals surface area (Å²) in [7, 11) is 6.38. The van der Waals surface area contributed by atoms with Gasteiger partial charge in [-0.3, -0.25) is 0 Å². The zero-order chi connectivity index (χ0) is 26.2. The number of ether oxygens (including phenoxy) is 6. The Labute approximate surface area is 203 Å². The maximum atomic E-state index is 13.8. The Kier molecular flexibility index (Phi) is 9.72. The zero-order valence-corrected chi connectivity index (χ0v) is 20.4. The van der Waals surface area contributed by atoms with Crippen molar-refractivity contribution < 1.29 is 51.3 Å². The summed E-state index contributed by atoms with van der Waals surface area (Å²) in [6.45, 7) is 0. The van der Waals surface area contributed by atoms with Crippen molar-refractivity contribution in [2.24, 2.45) is 0 Å². The number of benzene rings is 2. The number of hydrogen-bond acceptors (Lipinski definition) is 9. The standard InChI is InChI=1S/C23H24F2O9S/c1-29-15-11-18(31-3)16(19(12-15)32-4)8-9-35(28)13-14-6-7-17(30-2)20(10-14)34-22(27)23(24,25)21(26)33-5/h6-12H,13H2,1-5H3. The predicted octanol–water partition coefficient (Wildman–Crippen LogP) is 3.35. The molecule has 0 saturated carbocycles. The lowest BCUT2D eigenvalue weighted by molar-refractivity contribution is -0.183. The van der Waals surface area contributed by atoms with Crippen LogP contribution in [-0.2, 0) is 31.3 Å². The Balaban J connectivity index is 2.25. The number of halogens is 2. The predicted molar refractivity (Wildman–Crippen MR) is 123 cm³/mol. The number of rotatable bonds is 11.